The number of carbonyl (C=O) groups is 3. The van der Waals surface area contributed by atoms with Gasteiger partial charge in [0.2, 0.25) is 0 Å². The van der Waals surface area contributed by atoms with Crippen LogP contribution in [0, 0.1) is 0 Å². The zero-order chi connectivity index (χ0) is 18.3. The lowest BCUT2D eigenvalue weighted by atomic mass is 9.96. The molecule has 0 spiro atoms. The Morgan fingerprint density at radius 1 is 0.917 bits per heavy atom. The molecule has 0 radical (unpaired) electrons. The molecule has 8 nitrogen and oxygen atoms in total. The van der Waals surface area contributed by atoms with Crippen LogP contribution in [0.1, 0.15) is 27.2 Å². The average Bonchev–Trinajstić information content (AvgIpc) is 2.48. The van der Waals surface area contributed by atoms with E-state index in [-0.39, 0.29) is 0 Å². The summed E-state index contributed by atoms with van der Waals surface area (Å²) >= 11 is 1.60. The van der Waals surface area contributed by atoms with Gasteiger partial charge in [-0.2, -0.15) is 11.8 Å². The van der Waals surface area contributed by atoms with Gasteiger partial charge < -0.3 is 23.7 Å². The highest BCUT2D eigenvalue weighted by atomic mass is 32.2. The number of rotatable bonds is 7. The van der Waals surface area contributed by atoms with E-state index in [2.05, 4.69) is 0 Å². The summed E-state index contributed by atoms with van der Waals surface area (Å²) in [5.41, 5.74) is 0. The molecule has 0 saturated carbocycles. The molecule has 1 saturated heterocycles. The van der Waals surface area contributed by atoms with Gasteiger partial charge in [0.05, 0.1) is 0 Å². The van der Waals surface area contributed by atoms with E-state index in [0.717, 1.165) is 5.75 Å². The van der Waals surface area contributed by atoms with Crippen molar-refractivity contribution in [3.05, 3.63) is 0 Å². The summed E-state index contributed by atoms with van der Waals surface area (Å²) in [5, 5.41) is 0. The maximum absolute atomic E-state index is 11.5. The van der Waals surface area contributed by atoms with Crippen molar-refractivity contribution >= 4 is 29.7 Å². The van der Waals surface area contributed by atoms with Gasteiger partial charge in [0.15, 0.2) is 24.6 Å². The standard InChI is InChI=1S/C15H24O8S/c1-8(16)20-12-11(6-7-24-5)23-15(19-4)14(22-10(3)18)13(12)21-9(2)17/h11-15H,6-7H2,1-5H3/t11-,12-,13+,14+,15+/m1/s1. The van der Waals surface area contributed by atoms with E-state index in [9.17, 15) is 14.4 Å². The fourth-order valence-electron chi connectivity index (χ4n) is 2.51. The van der Waals surface area contributed by atoms with Gasteiger partial charge >= 0.3 is 17.9 Å². The number of methoxy groups -OCH3 is 1. The Kier molecular flexibility index (Phi) is 8.51. The Morgan fingerprint density at radius 3 is 1.88 bits per heavy atom. The summed E-state index contributed by atoms with van der Waals surface area (Å²) in [6.45, 7) is 3.70. The Labute approximate surface area is 145 Å². The molecule has 0 aromatic carbocycles. The van der Waals surface area contributed by atoms with Crippen molar-refractivity contribution in [3.63, 3.8) is 0 Å². The van der Waals surface area contributed by atoms with Crippen molar-refractivity contribution in [1.82, 2.24) is 0 Å². The highest BCUT2D eigenvalue weighted by Gasteiger charge is 2.51. The summed E-state index contributed by atoms with van der Waals surface area (Å²) in [5.74, 6) is -0.988. The molecule has 9 heteroatoms. The van der Waals surface area contributed by atoms with Crippen molar-refractivity contribution in [2.45, 2.75) is 57.9 Å². The Hall–Kier alpha value is -1.32. The van der Waals surface area contributed by atoms with Gasteiger partial charge in [0.25, 0.3) is 0 Å². The molecule has 0 N–H and O–H groups in total. The Balaban J connectivity index is 3.15. The predicted molar refractivity (Wildman–Crippen MR) is 85.3 cm³/mol. The van der Waals surface area contributed by atoms with Crippen LogP contribution in [-0.2, 0) is 38.1 Å². The van der Waals surface area contributed by atoms with Crippen LogP contribution in [0.2, 0.25) is 0 Å². The van der Waals surface area contributed by atoms with E-state index in [1.165, 1.54) is 27.9 Å². The molecule has 0 amide bonds. The van der Waals surface area contributed by atoms with Crippen LogP contribution in [-0.4, -0.2) is 67.7 Å². The Morgan fingerprint density at radius 2 is 1.42 bits per heavy atom. The zero-order valence-electron chi connectivity index (χ0n) is 14.5. The minimum absolute atomic E-state index is 0.545. The van der Waals surface area contributed by atoms with Crippen LogP contribution in [0.25, 0.3) is 0 Å². The van der Waals surface area contributed by atoms with Crippen LogP contribution in [0.15, 0.2) is 0 Å². The largest absolute Gasteiger partial charge is 0.456 e. The summed E-state index contributed by atoms with van der Waals surface area (Å²) in [7, 11) is 1.39. The van der Waals surface area contributed by atoms with Crippen LogP contribution < -0.4 is 0 Å². The molecule has 1 aliphatic rings. The van der Waals surface area contributed by atoms with Crippen LogP contribution >= 0.6 is 11.8 Å². The summed E-state index contributed by atoms with van der Waals surface area (Å²) in [4.78, 5) is 34.4. The summed E-state index contributed by atoms with van der Waals surface area (Å²) in [6.07, 6.45) is -1.95. The van der Waals surface area contributed by atoms with E-state index >= 15 is 0 Å². The molecule has 0 aromatic heterocycles. The van der Waals surface area contributed by atoms with Crippen molar-refractivity contribution in [2.75, 3.05) is 19.1 Å². The molecule has 1 heterocycles. The van der Waals surface area contributed by atoms with Gasteiger partial charge in [-0.05, 0) is 18.4 Å². The Bertz CT molecular complexity index is 455. The van der Waals surface area contributed by atoms with E-state index in [1.54, 1.807) is 11.8 Å². The molecular weight excluding hydrogens is 340 g/mol. The van der Waals surface area contributed by atoms with Gasteiger partial charge in [0, 0.05) is 27.9 Å². The zero-order valence-corrected chi connectivity index (χ0v) is 15.3. The summed E-state index contributed by atoms with van der Waals surface area (Å²) in [6, 6.07) is 0. The quantitative estimate of drug-likeness (QED) is 0.482. The van der Waals surface area contributed by atoms with Crippen LogP contribution in [0.5, 0.6) is 0 Å². The van der Waals surface area contributed by atoms with Crippen molar-refractivity contribution < 1.29 is 38.1 Å². The van der Waals surface area contributed by atoms with Crippen molar-refractivity contribution in [2.24, 2.45) is 0 Å². The number of carbonyl (C=O) groups excluding carboxylic acids is 3. The second-order valence-electron chi connectivity index (χ2n) is 5.28. The van der Waals surface area contributed by atoms with Gasteiger partial charge in [-0.25, -0.2) is 0 Å². The van der Waals surface area contributed by atoms with Crippen molar-refractivity contribution in [1.29, 1.82) is 0 Å². The third-order valence-corrected chi connectivity index (χ3v) is 3.98. The van der Waals surface area contributed by atoms with Gasteiger partial charge in [0.1, 0.15) is 6.10 Å². The molecular formula is C15H24O8S. The first-order valence-electron chi connectivity index (χ1n) is 7.49. The second-order valence-corrected chi connectivity index (χ2v) is 6.27. The maximum atomic E-state index is 11.5. The number of hydrogen-bond donors (Lipinski definition) is 0. The first kappa shape index (κ1) is 20.7. The summed E-state index contributed by atoms with van der Waals surface area (Å²) < 4.78 is 26.9. The number of thioether (sulfide) groups is 1. The topological polar surface area (TPSA) is 97.4 Å². The van der Waals surface area contributed by atoms with Crippen LogP contribution in [0.4, 0.5) is 0 Å². The van der Waals surface area contributed by atoms with Crippen LogP contribution in [0.3, 0.4) is 0 Å². The number of ether oxygens (including phenoxy) is 5. The fraction of sp³-hybridized carbons (Fsp3) is 0.800. The number of hydrogen-bond acceptors (Lipinski definition) is 9. The van der Waals surface area contributed by atoms with E-state index in [1.807, 2.05) is 6.26 Å². The van der Waals surface area contributed by atoms with Crippen molar-refractivity contribution in [3.8, 4) is 0 Å². The SMILES string of the molecule is CO[C@H]1O[C@H](CCSC)[C@@H](OC(C)=O)[C@H](OC(C)=O)[C@@H]1OC(C)=O. The normalized spacial score (nSPS) is 29.6. The molecule has 0 unspecified atom stereocenters. The third kappa shape index (κ3) is 5.95. The van der Waals surface area contributed by atoms with Gasteiger partial charge in [-0.15, -0.1) is 0 Å². The lowest BCUT2D eigenvalue weighted by Crippen LogP contribution is -2.61. The lowest BCUT2D eigenvalue weighted by Gasteiger charge is -2.44. The first-order chi connectivity index (χ1) is 11.3. The highest BCUT2D eigenvalue weighted by molar-refractivity contribution is 7.98. The smallest absolute Gasteiger partial charge is 0.303 e. The average molecular weight is 364 g/mol. The molecule has 5 atom stereocenters. The minimum atomic E-state index is -1.04. The van der Waals surface area contributed by atoms with E-state index in [4.69, 9.17) is 23.7 Å². The molecule has 1 fully saturated rings. The lowest BCUT2D eigenvalue weighted by molar-refractivity contribution is -0.298. The second kappa shape index (κ2) is 9.85. The van der Waals surface area contributed by atoms with Gasteiger partial charge in [-0.3, -0.25) is 14.4 Å². The number of esters is 3. The molecule has 24 heavy (non-hydrogen) atoms. The molecule has 0 bridgehead atoms. The third-order valence-electron chi connectivity index (χ3n) is 3.34. The molecule has 138 valence electrons. The predicted octanol–water partition coefficient (Wildman–Crippen LogP) is 0.906. The fourth-order valence-corrected chi connectivity index (χ4v) is 2.98. The first-order valence-corrected chi connectivity index (χ1v) is 8.88. The molecule has 1 aliphatic heterocycles. The van der Waals surface area contributed by atoms with Gasteiger partial charge in [-0.1, -0.05) is 0 Å². The highest BCUT2D eigenvalue weighted by Crippen LogP contribution is 2.31. The molecule has 0 aliphatic carbocycles. The molecule has 1 rings (SSSR count). The minimum Gasteiger partial charge on any atom is -0.456 e. The maximum Gasteiger partial charge on any atom is 0.303 e. The monoisotopic (exact) mass is 364 g/mol. The van der Waals surface area contributed by atoms with E-state index < -0.39 is 48.6 Å². The molecule has 0 aromatic rings. The van der Waals surface area contributed by atoms with E-state index in [0.29, 0.717) is 6.42 Å².